The molecule has 5 heteroatoms. The molecule has 10 aromatic rings. The molecule has 0 aliphatic rings. The van der Waals surface area contributed by atoms with Crippen molar-refractivity contribution < 1.29 is 4.42 Å². The van der Waals surface area contributed by atoms with Gasteiger partial charge in [-0.2, -0.15) is 0 Å². The Bertz CT molecular complexity index is 2800. The zero-order valence-electron chi connectivity index (χ0n) is 25.7. The van der Waals surface area contributed by atoms with E-state index in [9.17, 15) is 0 Å². The highest BCUT2D eigenvalue weighted by Gasteiger charge is 2.17. The molecule has 3 heterocycles. The highest BCUT2D eigenvalue weighted by Crippen LogP contribution is 2.37. The number of furan rings is 1. The summed E-state index contributed by atoms with van der Waals surface area (Å²) in [5, 5.41) is 6.86. The van der Waals surface area contributed by atoms with E-state index in [-0.39, 0.29) is 0 Å². The molecule has 5 nitrogen and oxygen atoms in total. The van der Waals surface area contributed by atoms with Gasteiger partial charge in [0.2, 0.25) is 0 Å². The molecule has 48 heavy (non-hydrogen) atoms. The monoisotopic (exact) mass is 614 g/mol. The van der Waals surface area contributed by atoms with E-state index in [4.69, 9.17) is 19.4 Å². The Kier molecular flexibility index (Phi) is 5.81. The van der Waals surface area contributed by atoms with Crippen molar-refractivity contribution in [2.45, 2.75) is 0 Å². The Morgan fingerprint density at radius 3 is 1.73 bits per heavy atom. The first-order chi connectivity index (χ1) is 23.8. The number of benzene rings is 7. The van der Waals surface area contributed by atoms with Gasteiger partial charge in [-0.05, 0) is 47.9 Å². The van der Waals surface area contributed by atoms with Gasteiger partial charge in [0.05, 0.1) is 11.0 Å². The Morgan fingerprint density at radius 2 is 0.979 bits per heavy atom. The molecule has 0 atom stereocenters. The zero-order chi connectivity index (χ0) is 31.6. The molecule has 0 saturated heterocycles. The Morgan fingerprint density at radius 1 is 0.396 bits per heavy atom. The first kappa shape index (κ1) is 26.6. The molecule has 0 N–H and O–H groups in total. The van der Waals surface area contributed by atoms with Gasteiger partial charge >= 0.3 is 0 Å². The highest BCUT2D eigenvalue weighted by molar-refractivity contribution is 6.15. The summed E-state index contributed by atoms with van der Waals surface area (Å²) in [5.41, 5.74) is 7.75. The molecule has 0 radical (unpaired) electrons. The molecular weight excluding hydrogens is 589 g/mol. The second kappa shape index (κ2) is 10.5. The van der Waals surface area contributed by atoms with Gasteiger partial charge in [-0.15, -0.1) is 0 Å². The average molecular weight is 615 g/mol. The van der Waals surface area contributed by atoms with Crippen molar-refractivity contribution in [3.8, 4) is 39.9 Å². The smallest absolute Gasteiger partial charge is 0.164 e. The highest BCUT2D eigenvalue weighted by atomic mass is 16.3. The molecule has 7 aromatic carbocycles. The SMILES string of the molecule is c1ccc(-c2nc(-c3cccc(-n4c5ccccc5c5ccccc54)c3)nc(-c3ccc4c(c3)oc3c5ccccc5ccc43)n2)cc1. The molecule has 0 aliphatic carbocycles. The van der Waals surface area contributed by atoms with Gasteiger partial charge in [-0.1, -0.05) is 115 Å². The Balaban J connectivity index is 1.16. The molecule has 0 aliphatic heterocycles. The van der Waals surface area contributed by atoms with E-state index in [1.807, 2.05) is 42.5 Å². The summed E-state index contributed by atoms with van der Waals surface area (Å²) in [6, 6.07) is 54.5. The minimum absolute atomic E-state index is 0.591. The van der Waals surface area contributed by atoms with Crippen LogP contribution >= 0.6 is 0 Å². The maximum atomic E-state index is 6.51. The lowest BCUT2D eigenvalue weighted by Crippen LogP contribution is -2.01. The van der Waals surface area contributed by atoms with Crippen LogP contribution in [0, 0.1) is 0 Å². The number of para-hydroxylation sites is 2. The van der Waals surface area contributed by atoms with Crippen LogP contribution in [-0.2, 0) is 0 Å². The van der Waals surface area contributed by atoms with Crippen LogP contribution in [0.4, 0.5) is 0 Å². The van der Waals surface area contributed by atoms with E-state index >= 15 is 0 Å². The van der Waals surface area contributed by atoms with Gasteiger partial charge in [0.1, 0.15) is 11.2 Å². The van der Waals surface area contributed by atoms with E-state index in [0.29, 0.717) is 17.5 Å². The van der Waals surface area contributed by atoms with Crippen molar-refractivity contribution in [1.29, 1.82) is 0 Å². The number of aromatic nitrogens is 4. The molecule has 0 saturated carbocycles. The maximum absolute atomic E-state index is 6.51. The van der Waals surface area contributed by atoms with E-state index < -0.39 is 0 Å². The minimum atomic E-state index is 0.591. The van der Waals surface area contributed by atoms with E-state index in [1.165, 1.54) is 10.8 Å². The molecule has 0 spiro atoms. The normalized spacial score (nSPS) is 11.8. The topological polar surface area (TPSA) is 56.7 Å². The van der Waals surface area contributed by atoms with E-state index in [1.54, 1.807) is 0 Å². The molecule has 224 valence electrons. The number of hydrogen-bond acceptors (Lipinski definition) is 4. The second-order valence-electron chi connectivity index (χ2n) is 12.1. The first-order valence-corrected chi connectivity index (χ1v) is 16.0. The van der Waals surface area contributed by atoms with Gasteiger partial charge < -0.3 is 8.98 Å². The van der Waals surface area contributed by atoms with Crippen LogP contribution in [0.2, 0.25) is 0 Å². The van der Waals surface area contributed by atoms with Gasteiger partial charge in [-0.3, -0.25) is 0 Å². The van der Waals surface area contributed by atoms with Crippen LogP contribution in [-0.4, -0.2) is 19.5 Å². The first-order valence-electron chi connectivity index (χ1n) is 16.0. The summed E-state index contributed by atoms with van der Waals surface area (Å²) in [6.07, 6.45) is 0. The van der Waals surface area contributed by atoms with Crippen LogP contribution in [0.3, 0.4) is 0 Å². The quantitative estimate of drug-likeness (QED) is 0.198. The van der Waals surface area contributed by atoms with Crippen molar-refractivity contribution >= 4 is 54.5 Å². The number of nitrogens with zero attached hydrogens (tertiary/aromatic N) is 4. The lowest BCUT2D eigenvalue weighted by molar-refractivity contribution is 0.673. The van der Waals surface area contributed by atoms with Crippen LogP contribution in [0.5, 0.6) is 0 Å². The summed E-state index contributed by atoms with van der Waals surface area (Å²) in [5.74, 6) is 1.82. The van der Waals surface area contributed by atoms with Gasteiger partial charge in [-0.25, -0.2) is 15.0 Å². The molecule has 0 bridgehead atoms. The molecule has 3 aromatic heterocycles. The third kappa shape index (κ3) is 4.15. The predicted molar refractivity (Wildman–Crippen MR) is 195 cm³/mol. The van der Waals surface area contributed by atoms with Crippen molar-refractivity contribution in [2.24, 2.45) is 0 Å². The number of rotatable bonds is 4. The van der Waals surface area contributed by atoms with E-state index in [0.717, 1.165) is 66.1 Å². The van der Waals surface area contributed by atoms with Crippen LogP contribution < -0.4 is 0 Å². The lowest BCUT2D eigenvalue weighted by Gasteiger charge is -2.11. The van der Waals surface area contributed by atoms with Crippen molar-refractivity contribution in [2.75, 3.05) is 0 Å². The summed E-state index contributed by atoms with van der Waals surface area (Å²) in [4.78, 5) is 15.1. The number of hydrogen-bond donors (Lipinski definition) is 0. The minimum Gasteiger partial charge on any atom is -0.455 e. The van der Waals surface area contributed by atoms with Gasteiger partial charge in [0.25, 0.3) is 0 Å². The molecule has 0 amide bonds. The van der Waals surface area contributed by atoms with Crippen LogP contribution in [0.25, 0.3) is 94.4 Å². The fourth-order valence-electron chi connectivity index (χ4n) is 6.98. The molecule has 0 fully saturated rings. The summed E-state index contributed by atoms with van der Waals surface area (Å²) >= 11 is 0. The van der Waals surface area contributed by atoms with Gasteiger partial charge in [0, 0.05) is 49.3 Å². The van der Waals surface area contributed by atoms with Crippen molar-refractivity contribution in [3.63, 3.8) is 0 Å². The Hall–Kier alpha value is -6.59. The third-order valence-electron chi connectivity index (χ3n) is 9.23. The zero-order valence-corrected chi connectivity index (χ0v) is 25.7. The Labute approximate surface area is 275 Å². The van der Waals surface area contributed by atoms with Crippen LogP contribution in [0.1, 0.15) is 0 Å². The van der Waals surface area contributed by atoms with E-state index in [2.05, 4.69) is 120 Å². The molecule has 10 rings (SSSR count). The lowest BCUT2D eigenvalue weighted by atomic mass is 10.1. The summed E-state index contributed by atoms with van der Waals surface area (Å²) in [7, 11) is 0. The average Bonchev–Trinajstić information content (AvgIpc) is 3.71. The summed E-state index contributed by atoms with van der Waals surface area (Å²) < 4.78 is 8.82. The third-order valence-corrected chi connectivity index (χ3v) is 9.23. The second-order valence-corrected chi connectivity index (χ2v) is 12.1. The van der Waals surface area contributed by atoms with Crippen LogP contribution in [0.15, 0.2) is 162 Å². The summed E-state index contributed by atoms with van der Waals surface area (Å²) in [6.45, 7) is 0. The van der Waals surface area contributed by atoms with Gasteiger partial charge in [0.15, 0.2) is 17.5 Å². The largest absolute Gasteiger partial charge is 0.455 e. The molecule has 0 unspecified atom stereocenters. The number of fused-ring (bicyclic) bond motifs is 8. The van der Waals surface area contributed by atoms with Crippen molar-refractivity contribution in [1.82, 2.24) is 19.5 Å². The predicted octanol–water partition coefficient (Wildman–Crippen LogP) is 11.0. The standard InChI is InChI=1S/C43H26N4O/c1-2-12-28(13-3-1)41-44-42(29-14-10-15-31(25-29)47-37-19-8-6-17-33(37)34-18-7-9-20-38(34)47)46-43(45-41)30-22-23-35-36-24-21-27-11-4-5-16-32(27)40(36)48-39(35)26-30/h1-26H. The molecular formula is C43H26N4O. The maximum Gasteiger partial charge on any atom is 0.164 e. The fraction of sp³-hybridized carbons (Fsp3) is 0. The fourth-order valence-corrected chi connectivity index (χ4v) is 6.98. The van der Waals surface area contributed by atoms with Crippen molar-refractivity contribution in [3.05, 3.63) is 158 Å².